The lowest BCUT2D eigenvalue weighted by Crippen LogP contribution is -2.30. The van der Waals surface area contributed by atoms with Gasteiger partial charge in [-0.2, -0.15) is 0 Å². The standard InChI is InChI=1S/C13H20N4O2/c1-3-15-9(2)7-12(18)16-10-5-4-6-11(8-10)17-13(14)19/h4-6,8-9,15H,3,7H2,1-2H3,(H,16,18)(H3,14,17,19). The summed E-state index contributed by atoms with van der Waals surface area (Å²) in [6, 6.07) is 6.32. The Labute approximate surface area is 112 Å². The number of hydrogen-bond acceptors (Lipinski definition) is 3. The second-order valence-corrected chi connectivity index (χ2v) is 4.28. The van der Waals surface area contributed by atoms with Gasteiger partial charge in [0.1, 0.15) is 0 Å². The lowest BCUT2D eigenvalue weighted by Gasteiger charge is -2.12. The van der Waals surface area contributed by atoms with Crippen molar-refractivity contribution in [2.45, 2.75) is 26.3 Å². The number of anilines is 2. The van der Waals surface area contributed by atoms with E-state index in [1.165, 1.54) is 0 Å². The summed E-state index contributed by atoms with van der Waals surface area (Å²) in [6.45, 7) is 4.77. The van der Waals surface area contributed by atoms with E-state index < -0.39 is 6.03 Å². The van der Waals surface area contributed by atoms with Crippen molar-refractivity contribution in [1.29, 1.82) is 0 Å². The highest BCUT2D eigenvalue weighted by Crippen LogP contribution is 2.15. The number of nitrogens with two attached hydrogens (primary N) is 1. The predicted molar refractivity (Wildman–Crippen MR) is 76.0 cm³/mol. The van der Waals surface area contributed by atoms with E-state index >= 15 is 0 Å². The van der Waals surface area contributed by atoms with Crippen molar-refractivity contribution in [2.75, 3.05) is 17.2 Å². The van der Waals surface area contributed by atoms with Crippen LogP contribution in [0.1, 0.15) is 20.3 Å². The number of rotatable bonds is 6. The molecule has 0 aromatic heterocycles. The van der Waals surface area contributed by atoms with Crippen LogP contribution in [0.4, 0.5) is 16.2 Å². The average molecular weight is 264 g/mol. The van der Waals surface area contributed by atoms with Crippen LogP contribution in [0.3, 0.4) is 0 Å². The Bertz CT molecular complexity index is 448. The molecule has 0 radical (unpaired) electrons. The molecule has 0 fully saturated rings. The first-order valence-electron chi connectivity index (χ1n) is 6.21. The maximum atomic E-state index is 11.8. The Morgan fingerprint density at radius 3 is 2.47 bits per heavy atom. The molecule has 104 valence electrons. The monoisotopic (exact) mass is 264 g/mol. The zero-order valence-electron chi connectivity index (χ0n) is 11.2. The first kappa shape index (κ1) is 15.0. The molecule has 1 unspecified atom stereocenters. The van der Waals surface area contributed by atoms with Crippen LogP contribution < -0.4 is 21.7 Å². The van der Waals surface area contributed by atoms with Gasteiger partial charge >= 0.3 is 6.03 Å². The lowest BCUT2D eigenvalue weighted by molar-refractivity contribution is -0.116. The Hall–Kier alpha value is -2.08. The molecule has 0 bridgehead atoms. The zero-order chi connectivity index (χ0) is 14.3. The minimum absolute atomic E-state index is 0.0790. The first-order chi connectivity index (χ1) is 9.01. The fourth-order valence-corrected chi connectivity index (χ4v) is 1.73. The van der Waals surface area contributed by atoms with Gasteiger partial charge in [-0.05, 0) is 31.7 Å². The zero-order valence-corrected chi connectivity index (χ0v) is 11.2. The maximum Gasteiger partial charge on any atom is 0.316 e. The van der Waals surface area contributed by atoms with Crippen molar-refractivity contribution in [3.63, 3.8) is 0 Å². The van der Waals surface area contributed by atoms with Gasteiger partial charge in [-0.25, -0.2) is 4.79 Å². The summed E-state index contributed by atoms with van der Waals surface area (Å²) in [6.07, 6.45) is 0.390. The molecule has 1 aromatic rings. The fourth-order valence-electron chi connectivity index (χ4n) is 1.73. The van der Waals surface area contributed by atoms with E-state index in [4.69, 9.17) is 5.73 Å². The van der Waals surface area contributed by atoms with E-state index in [2.05, 4.69) is 16.0 Å². The van der Waals surface area contributed by atoms with E-state index in [1.807, 2.05) is 13.8 Å². The number of hydrogen-bond donors (Lipinski definition) is 4. The molecule has 5 N–H and O–H groups in total. The smallest absolute Gasteiger partial charge is 0.316 e. The number of carbonyl (C=O) groups excluding carboxylic acids is 2. The summed E-state index contributed by atoms with van der Waals surface area (Å²) in [4.78, 5) is 22.5. The lowest BCUT2D eigenvalue weighted by atomic mass is 10.2. The third-order valence-corrected chi connectivity index (χ3v) is 2.46. The number of urea groups is 1. The van der Waals surface area contributed by atoms with Crippen molar-refractivity contribution < 1.29 is 9.59 Å². The predicted octanol–water partition coefficient (Wildman–Crippen LogP) is 1.50. The van der Waals surface area contributed by atoms with Gasteiger partial charge in [-0.1, -0.05) is 13.0 Å². The van der Waals surface area contributed by atoms with E-state index in [9.17, 15) is 9.59 Å². The fraction of sp³-hybridized carbons (Fsp3) is 0.385. The third kappa shape index (κ3) is 5.87. The average Bonchev–Trinajstić information content (AvgIpc) is 2.28. The molecule has 0 heterocycles. The normalized spacial score (nSPS) is 11.7. The molecule has 0 saturated heterocycles. The summed E-state index contributed by atoms with van der Waals surface area (Å²) >= 11 is 0. The second-order valence-electron chi connectivity index (χ2n) is 4.28. The van der Waals surface area contributed by atoms with E-state index in [-0.39, 0.29) is 11.9 Å². The molecule has 1 rings (SSSR count). The Morgan fingerprint density at radius 2 is 1.89 bits per heavy atom. The summed E-state index contributed by atoms with van der Waals surface area (Å²) < 4.78 is 0. The molecular formula is C13H20N4O2. The van der Waals surface area contributed by atoms with Gasteiger partial charge in [0.15, 0.2) is 0 Å². The number of benzene rings is 1. The topological polar surface area (TPSA) is 96.2 Å². The summed E-state index contributed by atoms with van der Waals surface area (Å²) in [5.74, 6) is -0.0790. The number of nitrogens with one attached hydrogen (secondary N) is 3. The van der Waals surface area contributed by atoms with Gasteiger partial charge < -0.3 is 21.7 Å². The number of carbonyl (C=O) groups is 2. The first-order valence-corrected chi connectivity index (χ1v) is 6.21. The Kier molecular flexibility index (Phi) is 5.81. The van der Waals surface area contributed by atoms with Gasteiger partial charge in [-0.15, -0.1) is 0 Å². The molecule has 1 atom stereocenters. The van der Waals surface area contributed by atoms with Gasteiger partial charge in [0, 0.05) is 23.8 Å². The van der Waals surface area contributed by atoms with Gasteiger partial charge in [0.25, 0.3) is 0 Å². The van der Waals surface area contributed by atoms with Crippen LogP contribution in [0.2, 0.25) is 0 Å². The van der Waals surface area contributed by atoms with Crippen LogP contribution in [0.5, 0.6) is 0 Å². The van der Waals surface area contributed by atoms with Crippen molar-refractivity contribution in [1.82, 2.24) is 5.32 Å². The quantitative estimate of drug-likeness (QED) is 0.627. The second kappa shape index (κ2) is 7.38. The third-order valence-electron chi connectivity index (χ3n) is 2.46. The number of primary amides is 1. The van der Waals surface area contributed by atoms with Crippen molar-refractivity contribution >= 4 is 23.3 Å². The molecule has 6 heteroatoms. The molecule has 19 heavy (non-hydrogen) atoms. The largest absolute Gasteiger partial charge is 0.351 e. The van der Waals surface area contributed by atoms with Gasteiger partial charge in [-0.3, -0.25) is 4.79 Å². The van der Waals surface area contributed by atoms with Crippen molar-refractivity contribution in [3.8, 4) is 0 Å². The highest BCUT2D eigenvalue weighted by Gasteiger charge is 2.08. The molecule has 3 amide bonds. The molecule has 0 aliphatic carbocycles. The highest BCUT2D eigenvalue weighted by molar-refractivity contribution is 5.93. The highest BCUT2D eigenvalue weighted by atomic mass is 16.2. The van der Waals surface area contributed by atoms with Crippen LogP contribution in [-0.2, 0) is 4.79 Å². The minimum atomic E-state index is -0.635. The van der Waals surface area contributed by atoms with E-state index in [0.717, 1.165) is 6.54 Å². The van der Waals surface area contributed by atoms with E-state index in [1.54, 1.807) is 24.3 Å². The maximum absolute atomic E-state index is 11.8. The number of amides is 3. The molecule has 0 spiro atoms. The Morgan fingerprint density at radius 1 is 1.26 bits per heavy atom. The van der Waals surface area contributed by atoms with Crippen molar-refractivity contribution in [3.05, 3.63) is 24.3 Å². The van der Waals surface area contributed by atoms with Gasteiger partial charge in [0.05, 0.1) is 0 Å². The van der Waals surface area contributed by atoms with Crippen LogP contribution >= 0.6 is 0 Å². The molecule has 1 aromatic carbocycles. The SMILES string of the molecule is CCNC(C)CC(=O)Nc1cccc(NC(N)=O)c1. The Balaban J connectivity index is 2.56. The molecular weight excluding hydrogens is 244 g/mol. The molecule has 0 aliphatic heterocycles. The van der Waals surface area contributed by atoms with Crippen molar-refractivity contribution in [2.24, 2.45) is 5.73 Å². The molecule has 6 nitrogen and oxygen atoms in total. The summed E-state index contributed by atoms with van der Waals surface area (Å²) in [7, 11) is 0. The van der Waals surface area contributed by atoms with Crippen LogP contribution in [0.15, 0.2) is 24.3 Å². The van der Waals surface area contributed by atoms with Crippen LogP contribution in [0.25, 0.3) is 0 Å². The summed E-state index contributed by atoms with van der Waals surface area (Å²) in [5.41, 5.74) is 6.20. The minimum Gasteiger partial charge on any atom is -0.351 e. The van der Waals surface area contributed by atoms with Crippen LogP contribution in [0, 0.1) is 0 Å². The summed E-state index contributed by atoms with van der Waals surface area (Å²) in [5, 5.41) is 8.39. The molecule has 0 saturated carbocycles. The molecule has 0 aliphatic rings. The van der Waals surface area contributed by atoms with Gasteiger partial charge in [0.2, 0.25) is 5.91 Å². The van der Waals surface area contributed by atoms with Crippen LogP contribution in [-0.4, -0.2) is 24.5 Å². The van der Waals surface area contributed by atoms with E-state index in [0.29, 0.717) is 17.8 Å².